The van der Waals surface area contributed by atoms with Gasteiger partial charge in [0.1, 0.15) is 6.04 Å². The lowest BCUT2D eigenvalue weighted by Crippen LogP contribution is -2.32. The molecule has 0 spiro atoms. The van der Waals surface area contributed by atoms with Gasteiger partial charge in [0.05, 0.1) is 4.92 Å². The second kappa shape index (κ2) is 8.86. The highest BCUT2D eigenvalue weighted by Crippen LogP contribution is 2.24. The van der Waals surface area contributed by atoms with Crippen molar-refractivity contribution in [3.63, 3.8) is 0 Å². The summed E-state index contributed by atoms with van der Waals surface area (Å²) in [6.45, 7) is 5.99. The Labute approximate surface area is 174 Å². The zero-order chi connectivity index (χ0) is 21.7. The molecule has 2 aromatic carbocycles. The normalized spacial score (nSPS) is 12.4. The summed E-state index contributed by atoms with van der Waals surface area (Å²) >= 11 is 0. The maximum atomic E-state index is 12.5. The average Bonchev–Trinajstić information content (AvgIpc) is 3.17. The molecule has 30 heavy (non-hydrogen) atoms. The predicted molar refractivity (Wildman–Crippen MR) is 111 cm³/mol. The van der Waals surface area contributed by atoms with Crippen LogP contribution in [0, 0.1) is 15.5 Å². The number of hydrogen-bond donors (Lipinski definition) is 1. The zero-order valence-corrected chi connectivity index (χ0v) is 17.2. The molecule has 1 heterocycles. The largest absolute Gasteiger partial charge is 0.344 e. The number of non-ortho nitro benzene ring substituents is 1. The van der Waals surface area contributed by atoms with Crippen LogP contribution in [0.3, 0.4) is 0 Å². The summed E-state index contributed by atoms with van der Waals surface area (Å²) in [6, 6.07) is 15.1. The summed E-state index contributed by atoms with van der Waals surface area (Å²) in [5, 5.41) is 17.8. The third-order valence-electron chi connectivity index (χ3n) is 4.38. The van der Waals surface area contributed by atoms with Crippen LogP contribution in [0.1, 0.15) is 44.7 Å². The molecule has 8 nitrogen and oxygen atoms in total. The first kappa shape index (κ1) is 21.2. The number of carbonyl (C=O) groups excluding carboxylic acids is 1. The monoisotopic (exact) mass is 408 g/mol. The summed E-state index contributed by atoms with van der Waals surface area (Å²) in [6.07, 6.45) is 0.861. The third-order valence-corrected chi connectivity index (χ3v) is 4.38. The van der Waals surface area contributed by atoms with Gasteiger partial charge in [-0.2, -0.15) is 4.98 Å². The lowest BCUT2D eigenvalue weighted by molar-refractivity contribution is -0.384. The highest BCUT2D eigenvalue weighted by molar-refractivity contribution is 5.77. The number of nitrogens with zero attached hydrogens (tertiary/aromatic N) is 3. The quantitative estimate of drug-likeness (QED) is 0.456. The van der Waals surface area contributed by atoms with Crippen LogP contribution >= 0.6 is 0 Å². The van der Waals surface area contributed by atoms with Crippen molar-refractivity contribution in [2.24, 2.45) is 5.41 Å². The second-order valence-electron chi connectivity index (χ2n) is 8.31. The van der Waals surface area contributed by atoms with Gasteiger partial charge in [-0.1, -0.05) is 56.3 Å². The maximum Gasteiger partial charge on any atom is 0.269 e. The standard InChI is InChI=1S/C22H24N4O4/c1-22(2,3)14-19(27)23-18(13-15-7-5-4-6-8-15)21-24-20(25-30-21)16-9-11-17(12-10-16)26(28)29/h4-12,18H,13-14H2,1-3H3,(H,23,27)/t18-/m1/s1. The van der Waals surface area contributed by atoms with Crippen LogP contribution in [0.4, 0.5) is 5.69 Å². The second-order valence-corrected chi connectivity index (χ2v) is 8.31. The molecular weight excluding hydrogens is 384 g/mol. The molecule has 1 atom stereocenters. The lowest BCUT2D eigenvalue weighted by atomic mass is 9.91. The van der Waals surface area contributed by atoms with Gasteiger partial charge in [0.2, 0.25) is 17.6 Å². The molecule has 0 saturated heterocycles. The van der Waals surface area contributed by atoms with Crippen LogP contribution < -0.4 is 5.32 Å². The molecule has 0 unspecified atom stereocenters. The number of benzene rings is 2. The molecule has 8 heteroatoms. The van der Waals surface area contributed by atoms with E-state index < -0.39 is 11.0 Å². The van der Waals surface area contributed by atoms with Gasteiger partial charge in [0, 0.05) is 30.5 Å². The molecule has 0 bridgehead atoms. The van der Waals surface area contributed by atoms with Gasteiger partial charge in [-0.15, -0.1) is 0 Å². The van der Waals surface area contributed by atoms with E-state index in [-0.39, 0.29) is 22.9 Å². The van der Waals surface area contributed by atoms with Crippen molar-refractivity contribution < 1.29 is 14.2 Å². The van der Waals surface area contributed by atoms with E-state index in [0.29, 0.717) is 24.2 Å². The van der Waals surface area contributed by atoms with Crippen LogP contribution in [-0.4, -0.2) is 21.0 Å². The number of carbonyl (C=O) groups is 1. The number of amides is 1. The van der Waals surface area contributed by atoms with Crippen LogP contribution in [0.5, 0.6) is 0 Å². The molecule has 0 aliphatic heterocycles. The van der Waals surface area contributed by atoms with Crippen molar-refractivity contribution in [1.29, 1.82) is 0 Å². The Balaban J connectivity index is 1.84. The highest BCUT2D eigenvalue weighted by atomic mass is 16.6. The van der Waals surface area contributed by atoms with Crippen LogP contribution in [0.25, 0.3) is 11.4 Å². The Morgan fingerprint density at radius 3 is 2.40 bits per heavy atom. The maximum absolute atomic E-state index is 12.5. The molecule has 0 fully saturated rings. The van der Waals surface area contributed by atoms with E-state index in [2.05, 4.69) is 15.5 Å². The highest BCUT2D eigenvalue weighted by Gasteiger charge is 2.25. The van der Waals surface area contributed by atoms with E-state index in [1.54, 1.807) is 12.1 Å². The van der Waals surface area contributed by atoms with Crippen LogP contribution in [0.15, 0.2) is 59.1 Å². The number of aromatic nitrogens is 2. The van der Waals surface area contributed by atoms with E-state index >= 15 is 0 Å². The average molecular weight is 408 g/mol. The van der Waals surface area contributed by atoms with Gasteiger partial charge in [-0.05, 0) is 23.1 Å². The molecular formula is C22H24N4O4. The number of rotatable bonds is 7. The molecule has 1 N–H and O–H groups in total. The van der Waals surface area contributed by atoms with E-state index in [0.717, 1.165) is 5.56 Å². The van der Waals surface area contributed by atoms with Crippen molar-refractivity contribution in [2.45, 2.75) is 39.7 Å². The fourth-order valence-electron chi connectivity index (χ4n) is 3.00. The van der Waals surface area contributed by atoms with E-state index in [1.165, 1.54) is 12.1 Å². The summed E-state index contributed by atoms with van der Waals surface area (Å²) in [5.41, 5.74) is 1.45. The van der Waals surface area contributed by atoms with Gasteiger partial charge in [-0.25, -0.2) is 0 Å². The molecule has 3 aromatic rings. The lowest BCUT2D eigenvalue weighted by Gasteiger charge is -2.20. The molecule has 156 valence electrons. The molecule has 0 saturated carbocycles. The van der Waals surface area contributed by atoms with Crippen molar-refractivity contribution in [1.82, 2.24) is 15.5 Å². The number of hydrogen-bond acceptors (Lipinski definition) is 6. The number of nitrogens with one attached hydrogen (secondary N) is 1. The van der Waals surface area contributed by atoms with Crippen molar-refractivity contribution in [3.8, 4) is 11.4 Å². The summed E-state index contributed by atoms with van der Waals surface area (Å²) in [4.78, 5) is 27.4. The first-order chi connectivity index (χ1) is 14.2. The summed E-state index contributed by atoms with van der Waals surface area (Å²) < 4.78 is 5.45. The smallest absolute Gasteiger partial charge is 0.269 e. The molecule has 0 radical (unpaired) electrons. The summed E-state index contributed by atoms with van der Waals surface area (Å²) in [7, 11) is 0. The van der Waals surface area contributed by atoms with E-state index in [4.69, 9.17) is 4.52 Å². The molecule has 1 aromatic heterocycles. The van der Waals surface area contributed by atoms with Crippen LogP contribution in [-0.2, 0) is 11.2 Å². The van der Waals surface area contributed by atoms with Crippen molar-refractivity contribution in [2.75, 3.05) is 0 Å². The zero-order valence-electron chi connectivity index (χ0n) is 17.2. The third kappa shape index (κ3) is 5.73. The Bertz CT molecular complexity index is 1010. The minimum atomic E-state index is -0.485. The van der Waals surface area contributed by atoms with Crippen molar-refractivity contribution in [3.05, 3.63) is 76.2 Å². The Hall–Kier alpha value is -3.55. The molecule has 1 amide bonds. The minimum Gasteiger partial charge on any atom is -0.344 e. The van der Waals surface area contributed by atoms with Crippen LogP contribution in [0.2, 0.25) is 0 Å². The topological polar surface area (TPSA) is 111 Å². The van der Waals surface area contributed by atoms with Gasteiger partial charge < -0.3 is 9.84 Å². The minimum absolute atomic E-state index is 0.0149. The van der Waals surface area contributed by atoms with E-state index in [9.17, 15) is 14.9 Å². The van der Waals surface area contributed by atoms with Gasteiger partial charge in [-0.3, -0.25) is 14.9 Å². The molecule has 3 rings (SSSR count). The van der Waals surface area contributed by atoms with Gasteiger partial charge >= 0.3 is 0 Å². The first-order valence-corrected chi connectivity index (χ1v) is 9.63. The first-order valence-electron chi connectivity index (χ1n) is 9.63. The predicted octanol–water partition coefficient (Wildman–Crippen LogP) is 4.48. The van der Waals surface area contributed by atoms with Gasteiger partial charge in [0.25, 0.3) is 5.69 Å². The number of nitro benzene ring substituents is 1. The summed E-state index contributed by atoms with van der Waals surface area (Å²) in [5.74, 6) is 0.496. The Kier molecular flexibility index (Phi) is 6.25. The fourth-order valence-corrected chi connectivity index (χ4v) is 3.00. The molecule has 0 aliphatic carbocycles. The Morgan fingerprint density at radius 1 is 1.13 bits per heavy atom. The number of nitro groups is 1. The molecule has 0 aliphatic rings. The Morgan fingerprint density at radius 2 is 1.80 bits per heavy atom. The van der Waals surface area contributed by atoms with E-state index in [1.807, 2.05) is 51.1 Å². The van der Waals surface area contributed by atoms with Crippen molar-refractivity contribution >= 4 is 11.6 Å². The van der Waals surface area contributed by atoms with Gasteiger partial charge in [0.15, 0.2) is 0 Å². The SMILES string of the molecule is CC(C)(C)CC(=O)N[C@H](Cc1ccccc1)c1nc(-c2ccc([N+](=O)[O-])cc2)no1. The fraction of sp³-hybridized carbons (Fsp3) is 0.318.